The third kappa shape index (κ3) is 5.59. The Hall–Kier alpha value is -3.43. The van der Waals surface area contributed by atoms with Gasteiger partial charge < -0.3 is 14.8 Å². The van der Waals surface area contributed by atoms with Crippen molar-refractivity contribution >= 4 is 39.0 Å². The summed E-state index contributed by atoms with van der Waals surface area (Å²) < 4.78 is 11.4. The van der Waals surface area contributed by atoms with Crippen molar-refractivity contribution in [1.29, 1.82) is 0 Å². The lowest BCUT2D eigenvalue weighted by molar-refractivity contribution is -0.121. The Labute approximate surface area is 183 Å². The van der Waals surface area contributed by atoms with Crippen molar-refractivity contribution in [3.8, 4) is 11.5 Å². The molecule has 0 radical (unpaired) electrons. The lowest BCUT2D eigenvalue weighted by atomic mass is 10.1. The minimum atomic E-state index is -0.428. The zero-order valence-electron chi connectivity index (χ0n) is 17.2. The maximum Gasteiger partial charge on any atom is 0.253 e. The lowest BCUT2D eigenvalue weighted by Crippen LogP contribution is -2.44. The highest BCUT2D eigenvalue weighted by Gasteiger charge is 2.13. The average molecular weight is 442 g/mol. The first-order valence-corrected chi connectivity index (χ1v) is 10.4. The minimum Gasteiger partial charge on any atom is -0.493 e. The minimum absolute atomic E-state index is 0.000884. The van der Waals surface area contributed by atoms with Crippen LogP contribution in [0.15, 0.2) is 47.8 Å². The highest BCUT2D eigenvalue weighted by Crippen LogP contribution is 2.27. The number of methoxy groups -OCH3 is 2. The molecule has 2 aromatic carbocycles. The van der Waals surface area contributed by atoms with Gasteiger partial charge in [0.25, 0.3) is 11.8 Å². The standard InChI is InChI=1S/C22H23N3O5S/c1-29-18-8-7-14(11-19(18)30-2)22(28)23-12-21(27)25-24-10-9-17(26)16-13-31-20-6-4-3-5-15(16)20/h3-8,11,13,24H,9-10,12H2,1-2H3,(H,23,28)(H,25,27). The molecular formula is C22H23N3O5S. The van der Waals surface area contributed by atoms with E-state index in [0.29, 0.717) is 22.6 Å². The maximum atomic E-state index is 12.4. The lowest BCUT2D eigenvalue weighted by Gasteiger charge is -2.10. The van der Waals surface area contributed by atoms with Crippen LogP contribution in [0.25, 0.3) is 10.1 Å². The molecule has 0 aliphatic heterocycles. The quantitative estimate of drug-likeness (QED) is 0.254. The molecule has 0 spiro atoms. The SMILES string of the molecule is COc1ccc(C(=O)NCC(=O)NNCCC(=O)c2csc3ccccc23)cc1OC. The molecule has 0 saturated heterocycles. The average Bonchev–Trinajstić information content (AvgIpc) is 3.24. The van der Waals surface area contributed by atoms with E-state index < -0.39 is 11.8 Å². The van der Waals surface area contributed by atoms with Gasteiger partial charge in [0.1, 0.15) is 0 Å². The number of carbonyl (C=O) groups excluding carboxylic acids is 3. The Balaban J connectivity index is 1.40. The molecule has 0 fully saturated rings. The highest BCUT2D eigenvalue weighted by molar-refractivity contribution is 7.17. The normalized spacial score (nSPS) is 10.5. The van der Waals surface area contributed by atoms with Gasteiger partial charge in [0.15, 0.2) is 17.3 Å². The van der Waals surface area contributed by atoms with Crippen LogP contribution in [0.5, 0.6) is 11.5 Å². The molecule has 0 unspecified atom stereocenters. The van der Waals surface area contributed by atoms with Crippen LogP contribution in [0.3, 0.4) is 0 Å². The fourth-order valence-corrected chi connectivity index (χ4v) is 3.92. The van der Waals surface area contributed by atoms with E-state index in [1.165, 1.54) is 31.6 Å². The van der Waals surface area contributed by atoms with Gasteiger partial charge in [-0.05, 0) is 24.3 Å². The fraction of sp³-hybridized carbons (Fsp3) is 0.227. The van der Waals surface area contributed by atoms with Gasteiger partial charge in [-0.3, -0.25) is 19.8 Å². The first-order chi connectivity index (χ1) is 15.0. The van der Waals surface area contributed by atoms with Crippen molar-refractivity contribution in [1.82, 2.24) is 16.2 Å². The summed E-state index contributed by atoms with van der Waals surface area (Å²) in [7, 11) is 2.98. The highest BCUT2D eigenvalue weighted by atomic mass is 32.1. The van der Waals surface area contributed by atoms with Crippen LogP contribution < -0.4 is 25.6 Å². The van der Waals surface area contributed by atoms with E-state index in [4.69, 9.17) is 9.47 Å². The van der Waals surface area contributed by atoms with Crippen molar-refractivity contribution < 1.29 is 23.9 Å². The van der Waals surface area contributed by atoms with E-state index in [1.807, 2.05) is 29.6 Å². The van der Waals surface area contributed by atoms with Crippen LogP contribution >= 0.6 is 11.3 Å². The summed E-state index contributed by atoms with van der Waals surface area (Å²) in [6.45, 7) is 0.0572. The molecule has 1 aromatic heterocycles. The number of ether oxygens (including phenoxy) is 2. The molecular weight excluding hydrogens is 418 g/mol. The molecule has 31 heavy (non-hydrogen) atoms. The smallest absolute Gasteiger partial charge is 0.253 e. The number of carbonyl (C=O) groups is 3. The summed E-state index contributed by atoms with van der Waals surface area (Å²) in [6, 6.07) is 12.5. The van der Waals surface area contributed by atoms with Crippen molar-refractivity contribution in [2.75, 3.05) is 27.3 Å². The predicted octanol–water partition coefficient (Wildman–Crippen LogP) is 2.54. The molecule has 0 aliphatic rings. The van der Waals surface area contributed by atoms with Crippen molar-refractivity contribution in [2.24, 2.45) is 0 Å². The van der Waals surface area contributed by atoms with Gasteiger partial charge >= 0.3 is 0 Å². The third-order valence-electron chi connectivity index (χ3n) is 4.54. The zero-order valence-corrected chi connectivity index (χ0v) is 18.0. The van der Waals surface area contributed by atoms with E-state index in [2.05, 4.69) is 16.2 Å². The molecule has 0 atom stereocenters. The van der Waals surface area contributed by atoms with Gasteiger partial charge in [0, 0.05) is 39.6 Å². The van der Waals surface area contributed by atoms with E-state index in [-0.39, 0.29) is 25.3 Å². The molecule has 3 rings (SSSR count). The number of hydrazine groups is 1. The molecule has 2 amide bonds. The number of hydrogen-bond donors (Lipinski definition) is 3. The van der Waals surface area contributed by atoms with Crippen molar-refractivity contribution in [2.45, 2.75) is 6.42 Å². The van der Waals surface area contributed by atoms with Gasteiger partial charge in [0.05, 0.1) is 20.8 Å². The van der Waals surface area contributed by atoms with Crippen LogP contribution in [-0.4, -0.2) is 44.9 Å². The van der Waals surface area contributed by atoms with Gasteiger partial charge in [-0.15, -0.1) is 11.3 Å². The second-order valence-corrected chi connectivity index (χ2v) is 7.46. The largest absolute Gasteiger partial charge is 0.493 e. The van der Waals surface area contributed by atoms with Crippen LogP contribution in [0.2, 0.25) is 0 Å². The van der Waals surface area contributed by atoms with E-state index >= 15 is 0 Å². The number of amides is 2. The fourth-order valence-electron chi connectivity index (χ4n) is 2.95. The molecule has 0 bridgehead atoms. The Morgan fingerprint density at radius 3 is 2.55 bits per heavy atom. The summed E-state index contributed by atoms with van der Waals surface area (Å²) in [6.07, 6.45) is 0.235. The predicted molar refractivity (Wildman–Crippen MR) is 119 cm³/mol. The molecule has 0 saturated carbocycles. The second-order valence-electron chi connectivity index (χ2n) is 6.55. The number of benzene rings is 2. The summed E-state index contributed by atoms with van der Waals surface area (Å²) >= 11 is 1.53. The van der Waals surface area contributed by atoms with Crippen LogP contribution in [0.4, 0.5) is 0 Å². The molecule has 8 nitrogen and oxygen atoms in total. The Morgan fingerprint density at radius 1 is 1.00 bits per heavy atom. The summed E-state index contributed by atoms with van der Waals surface area (Å²) in [5, 5.41) is 5.33. The monoisotopic (exact) mass is 441 g/mol. The molecule has 0 aliphatic carbocycles. The Kier molecular flexibility index (Phi) is 7.58. The number of thiophene rings is 1. The van der Waals surface area contributed by atoms with Crippen LogP contribution in [0, 0.1) is 0 Å². The summed E-state index contributed by atoms with van der Waals surface area (Å²) in [5.41, 5.74) is 6.22. The van der Waals surface area contributed by atoms with E-state index in [9.17, 15) is 14.4 Å². The Bertz CT molecular complexity index is 1100. The number of hydrogen-bond acceptors (Lipinski definition) is 7. The zero-order chi connectivity index (χ0) is 22.2. The van der Waals surface area contributed by atoms with Gasteiger partial charge in [-0.25, -0.2) is 5.43 Å². The number of rotatable bonds is 10. The first kappa shape index (κ1) is 22.3. The molecule has 162 valence electrons. The van der Waals surface area contributed by atoms with Gasteiger partial charge in [-0.2, -0.15) is 0 Å². The summed E-state index contributed by atoms with van der Waals surface area (Å²) in [4.78, 5) is 36.6. The van der Waals surface area contributed by atoms with Crippen molar-refractivity contribution in [3.63, 3.8) is 0 Å². The molecule has 1 heterocycles. The number of ketones is 1. The van der Waals surface area contributed by atoms with E-state index in [1.54, 1.807) is 12.1 Å². The van der Waals surface area contributed by atoms with E-state index in [0.717, 1.165) is 10.1 Å². The van der Waals surface area contributed by atoms with Gasteiger partial charge in [0.2, 0.25) is 0 Å². The molecule has 9 heteroatoms. The van der Waals surface area contributed by atoms with Crippen molar-refractivity contribution in [3.05, 3.63) is 59.0 Å². The number of fused-ring (bicyclic) bond motifs is 1. The molecule has 3 N–H and O–H groups in total. The topological polar surface area (TPSA) is 106 Å². The van der Waals surface area contributed by atoms with Crippen LogP contribution in [0.1, 0.15) is 27.1 Å². The first-order valence-electron chi connectivity index (χ1n) is 9.55. The molecule has 3 aromatic rings. The third-order valence-corrected chi connectivity index (χ3v) is 5.50. The number of nitrogens with one attached hydrogen (secondary N) is 3. The number of Topliss-reactive ketones (excluding diaryl/α,β-unsaturated/α-hetero) is 1. The Morgan fingerprint density at radius 2 is 1.77 bits per heavy atom. The van der Waals surface area contributed by atoms with Crippen LogP contribution in [-0.2, 0) is 4.79 Å². The maximum absolute atomic E-state index is 12.4. The summed E-state index contributed by atoms with van der Waals surface area (Å²) in [5.74, 6) is 0.0779. The van der Waals surface area contributed by atoms with Gasteiger partial charge in [-0.1, -0.05) is 18.2 Å². The second kappa shape index (κ2) is 10.6.